The van der Waals surface area contributed by atoms with Gasteiger partial charge < -0.3 is 9.63 Å². The molecule has 0 bridgehead atoms. The van der Waals surface area contributed by atoms with Crippen LogP contribution in [-0.4, -0.2) is 21.2 Å². The molecule has 1 aromatic carbocycles. The molecule has 0 radical (unpaired) electrons. The molecule has 6 nitrogen and oxygen atoms in total. The second kappa shape index (κ2) is 6.67. The van der Waals surface area contributed by atoms with Crippen molar-refractivity contribution in [1.29, 1.82) is 0 Å². The highest BCUT2D eigenvalue weighted by atomic mass is 32.1. The standard InChI is InChI=1S/C17H15N3O3S/c1-3-16(22)20(9-12-8-11(2)19-23-12)17-18-14(10-24-17)13-6-4-5-7-15(13)21/h3-8,10,21H,1,9H2,2H3. The van der Waals surface area contributed by atoms with Crippen molar-refractivity contribution in [2.45, 2.75) is 13.5 Å². The Morgan fingerprint density at radius 2 is 2.25 bits per heavy atom. The molecule has 0 fully saturated rings. The summed E-state index contributed by atoms with van der Waals surface area (Å²) in [6, 6.07) is 8.69. The molecule has 1 amide bonds. The van der Waals surface area contributed by atoms with Crippen molar-refractivity contribution in [1.82, 2.24) is 10.1 Å². The second-order valence-electron chi connectivity index (χ2n) is 5.10. The van der Waals surface area contributed by atoms with E-state index in [1.807, 2.05) is 13.0 Å². The predicted molar refractivity (Wildman–Crippen MR) is 91.8 cm³/mol. The van der Waals surface area contributed by atoms with Gasteiger partial charge in [-0.15, -0.1) is 11.3 Å². The monoisotopic (exact) mass is 341 g/mol. The third-order valence-corrected chi connectivity index (χ3v) is 4.20. The number of aromatic nitrogens is 2. The molecule has 2 heterocycles. The number of benzene rings is 1. The average Bonchev–Trinajstić information content (AvgIpc) is 3.21. The number of thiazole rings is 1. The van der Waals surface area contributed by atoms with Crippen molar-refractivity contribution in [3.8, 4) is 17.0 Å². The van der Waals surface area contributed by atoms with E-state index in [0.717, 1.165) is 5.69 Å². The molecule has 0 aliphatic rings. The zero-order valence-electron chi connectivity index (χ0n) is 13.0. The molecule has 0 saturated carbocycles. The van der Waals surface area contributed by atoms with Crippen LogP contribution in [-0.2, 0) is 11.3 Å². The number of para-hydroxylation sites is 1. The number of hydrogen-bond donors (Lipinski definition) is 1. The predicted octanol–water partition coefficient (Wildman–Crippen LogP) is 3.53. The molecule has 0 spiro atoms. The summed E-state index contributed by atoms with van der Waals surface area (Å²) < 4.78 is 5.18. The Morgan fingerprint density at radius 3 is 2.92 bits per heavy atom. The molecule has 0 aliphatic heterocycles. The van der Waals surface area contributed by atoms with Crippen LogP contribution in [0, 0.1) is 6.92 Å². The number of anilines is 1. The van der Waals surface area contributed by atoms with E-state index in [1.165, 1.54) is 22.3 Å². The van der Waals surface area contributed by atoms with Crippen LogP contribution in [0.25, 0.3) is 11.3 Å². The number of amides is 1. The first-order valence-corrected chi connectivity index (χ1v) is 8.06. The summed E-state index contributed by atoms with van der Waals surface area (Å²) in [5.74, 6) is 0.408. The summed E-state index contributed by atoms with van der Waals surface area (Å²) >= 11 is 1.30. The minimum atomic E-state index is -0.290. The molecule has 0 saturated heterocycles. The highest BCUT2D eigenvalue weighted by Crippen LogP contribution is 2.33. The van der Waals surface area contributed by atoms with Gasteiger partial charge in [-0.2, -0.15) is 0 Å². The van der Waals surface area contributed by atoms with E-state index in [0.29, 0.717) is 22.1 Å². The lowest BCUT2D eigenvalue weighted by molar-refractivity contribution is -0.114. The zero-order valence-corrected chi connectivity index (χ0v) is 13.8. The largest absolute Gasteiger partial charge is 0.507 e. The number of phenols is 1. The maximum Gasteiger partial charge on any atom is 0.252 e. The molecular formula is C17H15N3O3S. The van der Waals surface area contributed by atoms with Crippen LogP contribution in [0.2, 0.25) is 0 Å². The van der Waals surface area contributed by atoms with Crippen molar-refractivity contribution in [3.63, 3.8) is 0 Å². The molecule has 0 atom stereocenters. The highest BCUT2D eigenvalue weighted by molar-refractivity contribution is 7.14. The van der Waals surface area contributed by atoms with Crippen LogP contribution < -0.4 is 4.90 Å². The molecule has 3 aromatic rings. The Morgan fingerprint density at radius 1 is 1.46 bits per heavy atom. The summed E-state index contributed by atoms with van der Waals surface area (Å²) in [5, 5.41) is 16.1. The van der Waals surface area contributed by atoms with Crippen LogP contribution in [0.15, 0.2) is 52.9 Å². The SMILES string of the molecule is C=CC(=O)N(Cc1cc(C)no1)c1nc(-c2ccccc2O)cs1. The zero-order chi connectivity index (χ0) is 17.1. The Balaban J connectivity index is 1.93. The van der Waals surface area contributed by atoms with Crippen LogP contribution in [0.5, 0.6) is 5.75 Å². The quantitative estimate of drug-likeness (QED) is 0.718. The van der Waals surface area contributed by atoms with Crippen molar-refractivity contribution >= 4 is 22.4 Å². The van der Waals surface area contributed by atoms with Gasteiger partial charge >= 0.3 is 0 Å². The molecule has 0 unspecified atom stereocenters. The molecule has 24 heavy (non-hydrogen) atoms. The maximum atomic E-state index is 12.2. The summed E-state index contributed by atoms with van der Waals surface area (Å²) in [4.78, 5) is 18.1. The van der Waals surface area contributed by atoms with Gasteiger partial charge in [-0.25, -0.2) is 4.98 Å². The molecule has 3 rings (SSSR count). The van der Waals surface area contributed by atoms with Crippen molar-refractivity contribution in [2.75, 3.05) is 4.90 Å². The lowest BCUT2D eigenvalue weighted by Gasteiger charge is -2.16. The van der Waals surface area contributed by atoms with E-state index in [9.17, 15) is 9.90 Å². The topological polar surface area (TPSA) is 79.5 Å². The smallest absolute Gasteiger partial charge is 0.252 e. The van der Waals surface area contributed by atoms with Crippen molar-refractivity contribution in [3.05, 3.63) is 59.8 Å². The van der Waals surface area contributed by atoms with Gasteiger partial charge in [-0.3, -0.25) is 9.69 Å². The van der Waals surface area contributed by atoms with Gasteiger partial charge in [-0.1, -0.05) is 23.9 Å². The first kappa shape index (κ1) is 15.9. The van der Waals surface area contributed by atoms with Gasteiger partial charge in [0.1, 0.15) is 5.75 Å². The summed E-state index contributed by atoms with van der Waals surface area (Å²) in [5.41, 5.74) is 1.95. The Hall–Kier alpha value is -2.93. The third kappa shape index (κ3) is 3.21. The maximum absolute atomic E-state index is 12.2. The van der Waals surface area contributed by atoms with Gasteiger partial charge in [0.2, 0.25) is 0 Å². The van der Waals surface area contributed by atoms with Crippen LogP contribution in [0.3, 0.4) is 0 Å². The molecule has 2 aromatic heterocycles. The number of aryl methyl sites for hydroxylation is 1. The normalized spacial score (nSPS) is 10.5. The number of hydrogen-bond acceptors (Lipinski definition) is 6. The third-order valence-electron chi connectivity index (χ3n) is 3.33. The lowest BCUT2D eigenvalue weighted by Crippen LogP contribution is -2.28. The van der Waals surface area contributed by atoms with E-state index in [1.54, 1.807) is 29.6 Å². The number of carbonyl (C=O) groups excluding carboxylic acids is 1. The molecule has 7 heteroatoms. The molecule has 1 N–H and O–H groups in total. The lowest BCUT2D eigenvalue weighted by atomic mass is 10.1. The number of carbonyl (C=O) groups is 1. The highest BCUT2D eigenvalue weighted by Gasteiger charge is 2.20. The number of phenolic OH excluding ortho intramolecular Hbond substituents is 1. The summed E-state index contributed by atoms with van der Waals surface area (Å²) in [6.45, 7) is 5.55. The fraction of sp³-hybridized carbons (Fsp3) is 0.118. The summed E-state index contributed by atoms with van der Waals surface area (Å²) in [7, 11) is 0. The first-order chi connectivity index (χ1) is 11.6. The fourth-order valence-corrected chi connectivity index (χ4v) is 3.03. The Labute approximate surface area is 142 Å². The van der Waals surface area contributed by atoms with Gasteiger partial charge in [0.25, 0.3) is 5.91 Å². The van der Waals surface area contributed by atoms with Crippen LogP contribution in [0.4, 0.5) is 5.13 Å². The van der Waals surface area contributed by atoms with E-state index in [2.05, 4.69) is 16.7 Å². The Bertz CT molecular complexity index is 885. The summed E-state index contributed by atoms with van der Waals surface area (Å²) in [6.07, 6.45) is 1.23. The van der Waals surface area contributed by atoms with Gasteiger partial charge in [0, 0.05) is 17.0 Å². The minimum absolute atomic E-state index is 0.141. The van der Waals surface area contributed by atoms with E-state index in [-0.39, 0.29) is 18.2 Å². The van der Waals surface area contributed by atoms with Gasteiger partial charge in [0.15, 0.2) is 10.9 Å². The molecule has 122 valence electrons. The average molecular weight is 341 g/mol. The van der Waals surface area contributed by atoms with Crippen molar-refractivity contribution in [2.24, 2.45) is 0 Å². The minimum Gasteiger partial charge on any atom is -0.507 e. The number of nitrogens with zero attached hydrogens (tertiary/aromatic N) is 3. The van der Waals surface area contributed by atoms with Crippen molar-refractivity contribution < 1.29 is 14.4 Å². The first-order valence-electron chi connectivity index (χ1n) is 7.18. The fourth-order valence-electron chi connectivity index (χ4n) is 2.20. The number of rotatable bonds is 5. The van der Waals surface area contributed by atoms with E-state index >= 15 is 0 Å². The van der Waals surface area contributed by atoms with E-state index < -0.39 is 0 Å². The van der Waals surface area contributed by atoms with Gasteiger partial charge in [-0.05, 0) is 25.1 Å². The second-order valence-corrected chi connectivity index (χ2v) is 5.93. The molecule has 0 aliphatic carbocycles. The van der Waals surface area contributed by atoms with E-state index in [4.69, 9.17) is 4.52 Å². The Kier molecular flexibility index (Phi) is 4.43. The van der Waals surface area contributed by atoms with Crippen LogP contribution >= 0.6 is 11.3 Å². The van der Waals surface area contributed by atoms with Crippen LogP contribution in [0.1, 0.15) is 11.5 Å². The van der Waals surface area contributed by atoms with Gasteiger partial charge in [0.05, 0.1) is 17.9 Å². The molecular weight excluding hydrogens is 326 g/mol. The number of aromatic hydroxyl groups is 1.